The van der Waals surface area contributed by atoms with Gasteiger partial charge >= 0.3 is 18.0 Å². The maximum atomic E-state index is 14.6. The first-order valence-electron chi connectivity index (χ1n) is 24.6. The van der Waals surface area contributed by atoms with Crippen LogP contribution in [0.15, 0.2) is 115 Å². The Morgan fingerprint density at radius 3 is 2.03 bits per heavy atom. The molecule has 0 spiro atoms. The van der Waals surface area contributed by atoms with Crippen molar-refractivity contribution in [3.05, 3.63) is 160 Å². The van der Waals surface area contributed by atoms with E-state index in [2.05, 4.69) is 35.3 Å². The molecule has 15 nitrogen and oxygen atoms in total. The third kappa shape index (κ3) is 11.7. The fourth-order valence-corrected chi connectivity index (χ4v) is 10.3. The fourth-order valence-electron chi connectivity index (χ4n) is 10.3. The number of halogens is 1. The predicted octanol–water partition coefficient (Wildman–Crippen LogP) is 7.74. The van der Waals surface area contributed by atoms with Crippen LogP contribution < -0.4 is 10.9 Å². The Morgan fingerprint density at radius 2 is 1.38 bits per heavy atom. The Bertz CT molecular complexity index is 3040. The topological polar surface area (TPSA) is 152 Å². The molecular weight excluding hydrogens is 932 g/mol. The molecule has 16 heteroatoms. The van der Waals surface area contributed by atoms with Gasteiger partial charge in [0.25, 0.3) is 5.56 Å². The molecule has 6 aromatic rings. The summed E-state index contributed by atoms with van der Waals surface area (Å²) in [6.45, 7) is 14.8. The molecule has 0 saturated carbocycles. The number of aromatic nitrogens is 3. The van der Waals surface area contributed by atoms with Crippen LogP contribution in [0.3, 0.4) is 0 Å². The van der Waals surface area contributed by atoms with E-state index >= 15 is 0 Å². The van der Waals surface area contributed by atoms with E-state index in [0.717, 1.165) is 77.6 Å². The molecule has 72 heavy (non-hydrogen) atoms. The lowest BCUT2D eigenvalue weighted by atomic mass is 9.89. The van der Waals surface area contributed by atoms with Gasteiger partial charge in [-0.05, 0) is 129 Å². The number of carbonyl (C=O) groups is 4. The molecule has 0 radical (unpaired) electrons. The van der Waals surface area contributed by atoms with E-state index in [-0.39, 0.29) is 55.7 Å². The van der Waals surface area contributed by atoms with Crippen LogP contribution in [0.25, 0.3) is 34.0 Å². The number of fused-ring (bicyclic) bond motifs is 2. The average molecular weight is 996 g/mol. The number of hydrogen-bond donors (Lipinski definition) is 1. The van der Waals surface area contributed by atoms with Gasteiger partial charge in [0.2, 0.25) is 5.91 Å². The van der Waals surface area contributed by atoms with E-state index in [9.17, 15) is 24.0 Å². The van der Waals surface area contributed by atoms with Gasteiger partial charge in [0.05, 0.1) is 22.2 Å². The molecule has 3 aliphatic heterocycles. The molecule has 0 unspecified atom stereocenters. The van der Waals surface area contributed by atoms with Gasteiger partial charge in [-0.3, -0.25) is 19.1 Å². The summed E-state index contributed by atoms with van der Waals surface area (Å²) in [6.07, 6.45) is 8.69. The highest BCUT2D eigenvalue weighted by atomic mass is 35.5. The number of rotatable bonds is 14. The number of para-hydroxylation sites is 1. The molecule has 4 aromatic carbocycles. The Morgan fingerprint density at radius 1 is 0.736 bits per heavy atom. The number of amides is 3. The molecule has 3 fully saturated rings. The number of aryl methyl sites for hydroxylation is 1. The number of urea groups is 1. The Kier molecular flexibility index (Phi) is 16.4. The van der Waals surface area contributed by atoms with Gasteiger partial charge in [-0.25, -0.2) is 19.1 Å². The number of nitrogens with one attached hydrogen (secondary N) is 1. The van der Waals surface area contributed by atoms with Gasteiger partial charge in [-0.1, -0.05) is 73.8 Å². The molecule has 9 rings (SSSR count). The number of carbonyl (C=O) groups excluding carboxylic acids is 4. The van der Waals surface area contributed by atoms with Crippen LogP contribution in [0, 0.1) is 6.92 Å². The zero-order valence-corrected chi connectivity index (χ0v) is 41.9. The minimum absolute atomic E-state index is 0. The van der Waals surface area contributed by atoms with Crippen LogP contribution >= 0.6 is 12.4 Å². The summed E-state index contributed by atoms with van der Waals surface area (Å²) in [5.41, 5.74) is 5.88. The van der Waals surface area contributed by atoms with E-state index in [0.29, 0.717) is 67.3 Å². The van der Waals surface area contributed by atoms with E-state index < -0.39 is 18.0 Å². The van der Waals surface area contributed by atoms with Crippen LogP contribution in [0.1, 0.15) is 80.1 Å². The van der Waals surface area contributed by atoms with Crippen molar-refractivity contribution in [2.75, 3.05) is 59.4 Å². The minimum Gasteiger partial charge on any atom is -0.440 e. The quantitative estimate of drug-likeness (QED) is 0.107. The van der Waals surface area contributed by atoms with Crippen molar-refractivity contribution in [2.45, 2.75) is 70.5 Å². The van der Waals surface area contributed by atoms with Gasteiger partial charge < -0.3 is 29.5 Å². The third-order valence-corrected chi connectivity index (χ3v) is 14.4. The van der Waals surface area contributed by atoms with Gasteiger partial charge in [-0.15, -0.1) is 12.4 Å². The van der Waals surface area contributed by atoms with Crippen LogP contribution in [0.5, 0.6) is 0 Å². The normalized spacial score (nSPS) is 16.5. The molecule has 2 aromatic heterocycles. The summed E-state index contributed by atoms with van der Waals surface area (Å²) in [4.78, 5) is 77.7. The SMILES string of the molecule is C=Cc1cccc(C(=O)OCn2cc3cc(C[C@@H](NC(=O)N4CCC(c5cc6ccccc6n(COC(=O)c6cccc(C=C)c6)c5=O)CC4)C(=O)N4CCN(C5CCN(C)CC5)CC4)cc(C)c3n2)c1.Cl. The van der Waals surface area contributed by atoms with E-state index in [1.807, 2.05) is 72.6 Å². The molecular formula is C56H63ClN8O7. The van der Waals surface area contributed by atoms with E-state index in [4.69, 9.17) is 14.6 Å². The number of pyridine rings is 1. The largest absolute Gasteiger partial charge is 0.440 e. The highest BCUT2D eigenvalue weighted by Gasteiger charge is 2.34. The summed E-state index contributed by atoms with van der Waals surface area (Å²) in [6, 6.07) is 26.8. The second kappa shape index (κ2) is 23.0. The predicted molar refractivity (Wildman–Crippen MR) is 282 cm³/mol. The van der Waals surface area contributed by atoms with Crippen molar-refractivity contribution < 1.29 is 28.7 Å². The molecule has 376 valence electrons. The lowest BCUT2D eigenvalue weighted by Crippen LogP contribution is -2.59. The number of likely N-dealkylation sites (tertiary alicyclic amines) is 2. The molecule has 1 N–H and O–H groups in total. The molecule has 0 bridgehead atoms. The molecule has 3 amide bonds. The first-order valence-corrected chi connectivity index (χ1v) is 24.6. The maximum Gasteiger partial charge on any atom is 0.339 e. The van der Waals surface area contributed by atoms with Gasteiger partial charge in [0, 0.05) is 68.9 Å². The second-order valence-corrected chi connectivity index (χ2v) is 19.1. The smallest absolute Gasteiger partial charge is 0.339 e. The summed E-state index contributed by atoms with van der Waals surface area (Å²) in [5, 5.41) is 9.53. The third-order valence-electron chi connectivity index (χ3n) is 14.4. The standard InChI is InChI=1S/C56H62N8O7.ClH/c1-5-39-11-9-14-44(30-39)54(67)70-36-63-35-46-32-41(29-38(3)51(46)58-63)33-49(53(66)61-27-25-60(26-28-61)47-19-21-59(4)22-20-47)57-56(69)62-23-17-42(18-24-62)48-34-43-13-7-8-16-50(43)64(52(48)65)37-71-55(68)45-15-10-12-40(6-2)31-45;/h5-16,29-32,34-35,42,47,49H,1-2,17-28,33,36-37H2,3-4H3,(H,57,69);1H/t49-;/m1./s1. The number of piperazine rings is 1. The highest BCUT2D eigenvalue weighted by Crippen LogP contribution is 2.29. The van der Waals surface area contributed by atoms with Crippen LogP contribution in [-0.2, 0) is 34.2 Å². The molecule has 3 saturated heterocycles. The Hall–Kier alpha value is -7.07. The fraction of sp³-hybridized carbons (Fsp3) is 0.357. The number of ether oxygens (including phenoxy) is 2. The van der Waals surface area contributed by atoms with Crippen molar-refractivity contribution >= 4 is 70.2 Å². The summed E-state index contributed by atoms with van der Waals surface area (Å²) >= 11 is 0. The number of esters is 2. The highest BCUT2D eigenvalue weighted by molar-refractivity contribution is 5.91. The van der Waals surface area contributed by atoms with Crippen molar-refractivity contribution in [3.63, 3.8) is 0 Å². The van der Waals surface area contributed by atoms with Crippen molar-refractivity contribution in [1.29, 1.82) is 0 Å². The van der Waals surface area contributed by atoms with Crippen molar-refractivity contribution in [2.24, 2.45) is 0 Å². The Balaban J connectivity index is 0.00000693. The second-order valence-electron chi connectivity index (χ2n) is 19.1. The Labute approximate surface area is 426 Å². The van der Waals surface area contributed by atoms with Crippen molar-refractivity contribution in [3.8, 4) is 0 Å². The molecule has 0 aliphatic carbocycles. The number of benzene rings is 4. The lowest BCUT2D eigenvalue weighted by molar-refractivity contribution is -0.135. The van der Waals surface area contributed by atoms with Gasteiger partial charge in [0.1, 0.15) is 6.04 Å². The van der Waals surface area contributed by atoms with Gasteiger partial charge in [0.15, 0.2) is 13.5 Å². The van der Waals surface area contributed by atoms with Gasteiger partial charge in [-0.2, -0.15) is 5.10 Å². The zero-order chi connectivity index (χ0) is 49.6. The number of nitrogens with zero attached hydrogens (tertiary/aromatic N) is 7. The monoisotopic (exact) mass is 994 g/mol. The molecule has 1 atom stereocenters. The zero-order valence-electron chi connectivity index (χ0n) is 41.0. The summed E-state index contributed by atoms with van der Waals surface area (Å²) in [7, 11) is 2.16. The maximum absolute atomic E-state index is 14.6. The summed E-state index contributed by atoms with van der Waals surface area (Å²) < 4.78 is 14.4. The van der Waals surface area contributed by atoms with Crippen LogP contribution in [-0.4, -0.2) is 129 Å². The van der Waals surface area contributed by atoms with E-state index in [1.54, 1.807) is 58.1 Å². The first-order chi connectivity index (χ1) is 34.4. The number of piperidine rings is 2. The van der Waals surface area contributed by atoms with Crippen LogP contribution in [0.2, 0.25) is 0 Å². The lowest BCUT2D eigenvalue weighted by Gasteiger charge is -2.43. The molecule has 3 aliphatic rings. The summed E-state index contributed by atoms with van der Waals surface area (Å²) in [5.74, 6) is -1.29. The first kappa shape index (κ1) is 51.3. The van der Waals surface area contributed by atoms with Crippen LogP contribution in [0.4, 0.5) is 4.79 Å². The minimum atomic E-state index is -0.844. The van der Waals surface area contributed by atoms with Crippen molar-refractivity contribution in [1.82, 2.24) is 39.3 Å². The number of hydrogen-bond acceptors (Lipinski definition) is 10. The average Bonchev–Trinajstić information content (AvgIpc) is 3.83. The molecule has 5 heterocycles. The van der Waals surface area contributed by atoms with E-state index in [1.165, 1.54) is 4.57 Å².